The lowest BCUT2D eigenvalue weighted by molar-refractivity contribution is -0.115. The topological polar surface area (TPSA) is 59.8 Å². The molecule has 1 aromatic heterocycles. The summed E-state index contributed by atoms with van der Waals surface area (Å²) >= 11 is 1.23. The third-order valence-electron chi connectivity index (χ3n) is 4.49. The van der Waals surface area contributed by atoms with E-state index in [1.807, 2.05) is 0 Å². The zero-order valence-electron chi connectivity index (χ0n) is 14.0. The average molecular weight is 382 g/mol. The van der Waals surface area contributed by atoms with E-state index in [4.69, 9.17) is 0 Å². The highest BCUT2D eigenvalue weighted by molar-refractivity contribution is 8.00. The smallest absolute Gasteiger partial charge is 0.237 e. The molecule has 2 saturated carbocycles. The molecule has 0 aliphatic heterocycles. The van der Waals surface area contributed by atoms with Gasteiger partial charge in [-0.2, -0.15) is 0 Å². The van der Waals surface area contributed by atoms with Gasteiger partial charge in [0.2, 0.25) is 5.91 Å². The van der Waals surface area contributed by atoms with Crippen LogP contribution in [0.5, 0.6) is 0 Å². The van der Waals surface area contributed by atoms with Gasteiger partial charge in [0.25, 0.3) is 0 Å². The molecule has 0 unspecified atom stereocenters. The molecule has 2 fully saturated rings. The Morgan fingerprint density at radius 1 is 1.19 bits per heavy atom. The molecule has 0 saturated heterocycles. The Hall–Kier alpha value is -2.03. The number of amides is 1. The first-order valence-corrected chi connectivity index (χ1v) is 9.39. The summed E-state index contributed by atoms with van der Waals surface area (Å²) in [4.78, 5) is 12.3. The van der Waals surface area contributed by atoms with E-state index >= 15 is 0 Å². The molecule has 1 amide bonds. The summed E-state index contributed by atoms with van der Waals surface area (Å²) in [5.74, 6) is -3.39. The minimum absolute atomic E-state index is 0.385. The number of halogens is 3. The van der Waals surface area contributed by atoms with Crippen molar-refractivity contribution >= 4 is 23.4 Å². The predicted molar refractivity (Wildman–Crippen MR) is 90.5 cm³/mol. The molecular formula is C17H17F3N4OS. The third-order valence-corrected chi connectivity index (χ3v) is 5.55. The van der Waals surface area contributed by atoms with E-state index in [1.54, 1.807) is 6.92 Å². The van der Waals surface area contributed by atoms with Crippen molar-refractivity contribution in [1.29, 1.82) is 0 Å². The maximum absolute atomic E-state index is 13.7. The zero-order chi connectivity index (χ0) is 18.4. The van der Waals surface area contributed by atoms with Crippen molar-refractivity contribution < 1.29 is 18.0 Å². The van der Waals surface area contributed by atoms with Crippen LogP contribution in [-0.2, 0) is 4.79 Å². The SMILES string of the molecule is C[C@H](Sc1nnc(C2CC2)n1C1CC1)C(=O)Nc1ccc(F)c(F)c1F. The van der Waals surface area contributed by atoms with E-state index in [2.05, 4.69) is 20.1 Å². The number of benzene rings is 1. The molecule has 1 aromatic carbocycles. The molecular weight excluding hydrogens is 365 g/mol. The Balaban J connectivity index is 1.48. The lowest BCUT2D eigenvalue weighted by Gasteiger charge is -2.14. The van der Waals surface area contributed by atoms with E-state index in [9.17, 15) is 18.0 Å². The monoisotopic (exact) mass is 382 g/mol. The van der Waals surface area contributed by atoms with Gasteiger partial charge in [0, 0.05) is 12.0 Å². The minimum atomic E-state index is -1.61. The van der Waals surface area contributed by atoms with Crippen LogP contribution >= 0.6 is 11.8 Å². The summed E-state index contributed by atoms with van der Waals surface area (Å²) in [7, 11) is 0. The molecule has 0 radical (unpaired) electrons. The Bertz CT molecular complexity index is 864. The normalized spacial score (nSPS) is 18.0. The first-order chi connectivity index (χ1) is 12.5. The van der Waals surface area contributed by atoms with Gasteiger partial charge in [-0.25, -0.2) is 13.2 Å². The molecule has 5 nitrogen and oxygen atoms in total. The quantitative estimate of drug-likeness (QED) is 0.605. The molecule has 0 spiro atoms. The van der Waals surface area contributed by atoms with Crippen molar-refractivity contribution in [1.82, 2.24) is 14.8 Å². The molecule has 4 rings (SSSR count). The van der Waals surface area contributed by atoms with Gasteiger partial charge in [-0.3, -0.25) is 4.79 Å². The summed E-state index contributed by atoms with van der Waals surface area (Å²) in [6.45, 7) is 1.65. The Morgan fingerprint density at radius 2 is 1.92 bits per heavy atom. The van der Waals surface area contributed by atoms with Crippen molar-refractivity contribution in [2.75, 3.05) is 5.32 Å². The van der Waals surface area contributed by atoms with Crippen LogP contribution in [0.25, 0.3) is 0 Å². The van der Waals surface area contributed by atoms with Crippen LogP contribution in [0, 0.1) is 17.5 Å². The van der Waals surface area contributed by atoms with Crippen molar-refractivity contribution in [3.05, 3.63) is 35.4 Å². The Morgan fingerprint density at radius 3 is 2.58 bits per heavy atom. The Kier molecular flexibility index (Phi) is 4.42. The molecule has 138 valence electrons. The third kappa shape index (κ3) is 3.32. The lowest BCUT2D eigenvalue weighted by atomic mass is 10.2. The van der Waals surface area contributed by atoms with Crippen molar-refractivity contribution in [3.63, 3.8) is 0 Å². The number of carbonyl (C=O) groups excluding carboxylic acids is 1. The highest BCUT2D eigenvalue weighted by atomic mass is 32.2. The van der Waals surface area contributed by atoms with Gasteiger partial charge in [-0.15, -0.1) is 10.2 Å². The number of rotatable bonds is 6. The van der Waals surface area contributed by atoms with Gasteiger partial charge in [0.15, 0.2) is 22.6 Å². The highest BCUT2D eigenvalue weighted by Gasteiger charge is 2.37. The van der Waals surface area contributed by atoms with Crippen LogP contribution in [0.4, 0.5) is 18.9 Å². The van der Waals surface area contributed by atoms with Gasteiger partial charge in [-0.05, 0) is 44.7 Å². The average Bonchev–Trinajstić information content (AvgIpc) is 3.54. The summed E-state index contributed by atoms with van der Waals surface area (Å²) in [5, 5.41) is 10.9. The molecule has 9 heteroatoms. The maximum Gasteiger partial charge on any atom is 0.237 e. The fraction of sp³-hybridized carbons (Fsp3) is 0.471. The number of aromatic nitrogens is 3. The summed E-state index contributed by atoms with van der Waals surface area (Å²) in [5.41, 5.74) is -0.385. The fourth-order valence-corrected chi connectivity index (χ4v) is 3.66. The second kappa shape index (κ2) is 6.61. The van der Waals surface area contributed by atoms with Crippen molar-refractivity contribution in [3.8, 4) is 0 Å². The van der Waals surface area contributed by atoms with Crippen LogP contribution in [0.3, 0.4) is 0 Å². The van der Waals surface area contributed by atoms with Crippen LogP contribution < -0.4 is 5.32 Å². The van der Waals surface area contributed by atoms with Crippen molar-refractivity contribution in [2.24, 2.45) is 0 Å². The number of nitrogens with zero attached hydrogens (tertiary/aromatic N) is 3. The van der Waals surface area contributed by atoms with Crippen LogP contribution in [0.15, 0.2) is 17.3 Å². The summed E-state index contributed by atoms with van der Waals surface area (Å²) in [6, 6.07) is 2.17. The largest absolute Gasteiger partial charge is 0.323 e. The standard InChI is InChI=1S/C17H17F3N4OS/c1-8(16(25)21-12-7-6-11(18)13(19)14(12)20)26-17-23-22-15(9-2-3-9)24(17)10-4-5-10/h6-10H,2-5H2,1H3,(H,21,25)/t8-/m0/s1. The molecule has 1 heterocycles. The summed E-state index contributed by atoms with van der Waals surface area (Å²) < 4.78 is 42.1. The van der Waals surface area contributed by atoms with E-state index in [0.717, 1.165) is 43.6 Å². The van der Waals surface area contributed by atoms with E-state index in [0.29, 0.717) is 17.1 Å². The first-order valence-electron chi connectivity index (χ1n) is 8.51. The van der Waals surface area contributed by atoms with Gasteiger partial charge in [0.1, 0.15) is 5.82 Å². The van der Waals surface area contributed by atoms with E-state index in [-0.39, 0.29) is 5.69 Å². The molecule has 1 N–H and O–H groups in total. The minimum Gasteiger partial charge on any atom is -0.323 e. The van der Waals surface area contributed by atoms with E-state index < -0.39 is 28.6 Å². The van der Waals surface area contributed by atoms with Crippen LogP contribution in [0.2, 0.25) is 0 Å². The van der Waals surface area contributed by atoms with Crippen LogP contribution in [0.1, 0.15) is 50.4 Å². The molecule has 2 aliphatic carbocycles. The van der Waals surface area contributed by atoms with Crippen molar-refractivity contribution in [2.45, 2.75) is 55.0 Å². The van der Waals surface area contributed by atoms with Gasteiger partial charge < -0.3 is 9.88 Å². The van der Waals surface area contributed by atoms with E-state index in [1.165, 1.54) is 11.8 Å². The molecule has 0 bridgehead atoms. The molecule has 26 heavy (non-hydrogen) atoms. The number of anilines is 1. The summed E-state index contributed by atoms with van der Waals surface area (Å²) in [6.07, 6.45) is 4.37. The molecule has 1 atom stereocenters. The number of carbonyl (C=O) groups is 1. The van der Waals surface area contributed by atoms with Gasteiger partial charge in [-0.1, -0.05) is 11.8 Å². The number of hydrogen-bond donors (Lipinski definition) is 1. The maximum atomic E-state index is 13.7. The lowest BCUT2D eigenvalue weighted by Crippen LogP contribution is -2.24. The number of hydrogen-bond acceptors (Lipinski definition) is 4. The predicted octanol–water partition coefficient (Wildman–Crippen LogP) is 4.03. The fourth-order valence-electron chi connectivity index (χ4n) is 2.73. The second-order valence-electron chi connectivity index (χ2n) is 6.69. The van der Waals surface area contributed by atoms with Gasteiger partial charge in [0.05, 0.1) is 10.9 Å². The zero-order valence-corrected chi connectivity index (χ0v) is 14.8. The second-order valence-corrected chi connectivity index (χ2v) is 8.00. The first kappa shape index (κ1) is 17.4. The van der Waals surface area contributed by atoms with Crippen LogP contribution in [-0.4, -0.2) is 25.9 Å². The molecule has 2 aliphatic rings. The number of thioether (sulfide) groups is 1. The molecule has 2 aromatic rings. The van der Waals surface area contributed by atoms with Gasteiger partial charge >= 0.3 is 0 Å². The number of nitrogens with one attached hydrogen (secondary N) is 1. The highest BCUT2D eigenvalue weighted by Crippen LogP contribution is 2.46. The Labute approximate surface area is 152 Å².